The van der Waals surface area contributed by atoms with Gasteiger partial charge < -0.3 is 5.32 Å². The van der Waals surface area contributed by atoms with Gasteiger partial charge in [-0.2, -0.15) is 0 Å². The molecule has 0 spiro atoms. The van der Waals surface area contributed by atoms with E-state index in [0.717, 1.165) is 10.9 Å². The number of hydrogen-bond donors (Lipinski definition) is 1. The first-order chi connectivity index (χ1) is 9.92. The van der Waals surface area contributed by atoms with Crippen molar-refractivity contribution in [3.05, 3.63) is 49.4 Å². The van der Waals surface area contributed by atoms with Crippen molar-refractivity contribution in [3.63, 3.8) is 0 Å². The van der Waals surface area contributed by atoms with Crippen LogP contribution in [-0.4, -0.2) is 11.0 Å². The third-order valence-electron chi connectivity index (χ3n) is 3.51. The van der Waals surface area contributed by atoms with Crippen LogP contribution in [0.25, 0.3) is 0 Å². The summed E-state index contributed by atoms with van der Waals surface area (Å²) in [5.74, 6) is 0. The first-order valence-corrected chi connectivity index (χ1v) is 9.01. The quantitative estimate of drug-likeness (QED) is 0.788. The number of hydrogen-bond acceptors (Lipinski definition) is 3. The molecular formula is C17H23BrN2S. The van der Waals surface area contributed by atoms with Crippen molar-refractivity contribution in [1.29, 1.82) is 0 Å². The van der Waals surface area contributed by atoms with Crippen LogP contribution < -0.4 is 5.32 Å². The van der Waals surface area contributed by atoms with Gasteiger partial charge >= 0.3 is 0 Å². The van der Waals surface area contributed by atoms with Gasteiger partial charge in [-0.1, -0.05) is 35.0 Å². The van der Waals surface area contributed by atoms with Gasteiger partial charge in [0.1, 0.15) is 5.01 Å². The molecule has 2 rings (SSSR count). The first kappa shape index (κ1) is 16.7. The normalized spacial score (nSPS) is 12.9. The summed E-state index contributed by atoms with van der Waals surface area (Å²) in [6.45, 7) is 10.8. The van der Waals surface area contributed by atoms with E-state index >= 15 is 0 Å². The molecule has 21 heavy (non-hydrogen) atoms. The molecule has 0 aliphatic carbocycles. The highest BCUT2D eigenvalue weighted by Gasteiger charge is 2.20. The second kappa shape index (κ2) is 7.03. The molecule has 0 aliphatic rings. The van der Waals surface area contributed by atoms with Crippen molar-refractivity contribution in [1.82, 2.24) is 10.3 Å². The Morgan fingerprint density at radius 2 is 2.00 bits per heavy atom. The number of rotatable bonds is 5. The van der Waals surface area contributed by atoms with Crippen LogP contribution in [0.2, 0.25) is 0 Å². The van der Waals surface area contributed by atoms with Crippen LogP contribution in [0, 0.1) is 13.8 Å². The van der Waals surface area contributed by atoms with E-state index in [-0.39, 0.29) is 6.04 Å². The first-order valence-electron chi connectivity index (χ1n) is 7.40. The van der Waals surface area contributed by atoms with Crippen molar-refractivity contribution in [2.24, 2.45) is 0 Å². The van der Waals surface area contributed by atoms with E-state index in [1.165, 1.54) is 26.7 Å². The van der Waals surface area contributed by atoms with Gasteiger partial charge in [0.05, 0.1) is 11.7 Å². The summed E-state index contributed by atoms with van der Waals surface area (Å²) >= 11 is 5.39. The van der Waals surface area contributed by atoms with Crippen LogP contribution in [0.5, 0.6) is 0 Å². The highest BCUT2D eigenvalue weighted by atomic mass is 79.9. The summed E-state index contributed by atoms with van der Waals surface area (Å²) in [5.41, 5.74) is 3.76. The molecule has 0 aliphatic heterocycles. The monoisotopic (exact) mass is 366 g/mol. The molecule has 2 aromatic rings. The minimum Gasteiger partial charge on any atom is -0.302 e. The molecule has 1 aromatic carbocycles. The fraction of sp³-hybridized carbons (Fsp3) is 0.471. The minimum absolute atomic E-state index is 0.167. The maximum absolute atomic E-state index is 4.85. The van der Waals surface area contributed by atoms with Gasteiger partial charge in [0.15, 0.2) is 0 Å². The average molecular weight is 367 g/mol. The molecule has 1 atom stereocenters. The lowest BCUT2D eigenvalue weighted by Crippen LogP contribution is -2.29. The van der Waals surface area contributed by atoms with E-state index in [1.54, 1.807) is 0 Å². The largest absolute Gasteiger partial charge is 0.302 e. The molecule has 1 unspecified atom stereocenters. The predicted octanol–water partition coefficient (Wildman–Crippen LogP) is 5.17. The molecule has 2 nitrogen and oxygen atoms in total. The topological polar surface area (TPSA) is 24.9 Å². The molecule has 4 heteroatoms. The fourth-order valence-corrected chi connectivity index (χ4v) is 3.74. The SMILES string of the molecule is CCc1nc(C(NC(C)C)c2ccc(Br)c(C)c2)sc1C. The van der Waals surface area contributed by atoms with Gasteiger partial charge in [-0.05, 0) is 51.3 Å². The van der Waals surface area contributed by atoms with E-state index in [9.17, 15) is 0 Å². The van der Waals surface area contributed by atoms with E-state index in [0.29, 0.717) is 6.04 Å². The molecule has 0 saturated heterocycles. The molecule has 0 saturated carbocycles. The molecule has 1 aromatic heterocycles. The number of aromatic nitrogens is 1. The van der Waals surface area contributed by atoms with Crippen molar-refractivity contribution >= 4 is 27.3 Å². The summed E-state index contributed by atoms with van der Waals surface area (Å²) in [5, 5.41) is 4.82. The van der Waals surface area contributed by atoms with Crippen molar-refractivity contribution in [2.45, 2.75) is 53.1 Å². The maximum atomic E-state index is 4.85. The van der Waals surface area contributed by atoms with Gasteiger partial charge in [-0.15, -0.1) is 11.3 Å². The van der Waals surface area contributed by atoms with Crippen LogP contribution >= 0.6 is 27.3 Å². The number of nitrogens with one attached hydrogen (secondary N) is 1. The molecule has 0 bridgehead atoms. The summed E-state index contributed by atoms with van der Waals surface area (Å²) in [6.07, 6.45) is 0.996. The van der Waals surface area contributed by atoms with Gasteiger partial charge in [0.2, 0.25) is 0 Å². The zero-order chi connectivity index (χ0) is 15.6. The third-order valence-corrected chi connectivity index (χ3v) is 5.47. The van der Waals surface area contributed by atoms with Gasteiger partial charge in [0.25, 0.3) is 0 Å². The molecule has 0 amide bonds. The summed E-state index contributed by atoms with van der Waals surface area (Å²) in [7, 11) is 0. The maximum Gasteiger partial charge on any atom is 0.115 e. The zero-order valence-corrected chi connectivity index (χ0v) is 15.7. The number of thiazole rings is 1. The Hall–Kier alpha value is -0.710. The van der Waals surface area contributed by atoms with Gasteiger partial charge in [0, 0.05) is 15.4 Å². The molecular weight excluding hydrogens is 344 g/mol. The smallest absolute Gasteiger partial charge is 0.115 e. The van der Waals surface area contributed by atoms with E-state index in [2.05, 4.69) is 74.1 Å². The lowest BCUT2D eigenvalue weighted by Gasteiger charge is -2.20. The van der Waals surface area contributed by atoms with Gasteiger partial charge in [-0.3, -0.25) is 0 Å². The molecule has 114 valence electrons. The number of nitrogens with zero attached hydrogens (tertiary/aromatic N) is 1. The molecule has 1 N–H and O–H groups in total. The van der Waals surface area contributed by atoms with Crippen molar-refractivity contribution < 1.29 is 0 Å². The van der Waals surface area contributed by atoms with Crippen LogP contribution in [0.3, 0.4) is 0 Å². The lowest BCUT2D eigenvalue weighted by atomic mass is 10.0. The number of halogens is 1. The van der Waals surface area contributed by atoms with Crippen molar-refractivity contribution in [2.75, 3.05) is 0 Å². The zero-order valence-electron chi connectivity index (χ0n) is 13.3. The highest BCUT2D eigenvalue weighted by Crippen LogP contribution is 2.30. The second-order valence-corrected chi connectivity index (χ2v) is 7.76. The van der Waals surface area contributed by atoms with Gasteiger partial charge in [-0.25, -0.2) is 4.98 Å². The Labute approximate surface area is 140 Å². The Morgan fingerprint density at radius 3 is 2.52 bits per heavy atom. The summed E-state index contributed by atoms with van der Waals surface area (Å²) in [4.78, 5) is 6.18. The number of aryl methyl sites for hydroxylation is 3. The molecule has 1 heterocycles. The average Bonchev–Trinajstić information content (AvgIpc) is 2.80. The Kier molecular flexibility index (Phi) is 5.58. The van der Waals surface area contributed by atoms with E-state index < -0.39 is 0 Å². The van der Waals surface area contributed by atoms with Crippen molar-refractivity contribution in [3.8, 4) is 0 Å². The van der Waals surface area contributed by atoms with Crippen LogP contribution in [-0.2, 0) is 6.42 Å². The number of benzene rings is 1. The molecule has 0 radical (unpaired) electrons. The van der Waals surface area contributed by atoms with Crippen LogP contribution in [0.4, 0.5) is 0 Å². The Balaban J connectivity index is 2.43. The Bertz CT molecular complexity index is 619. The highest BCUT2D eigenvalue weighted by molar-refractivity contribution is 9.10. The lowest BCUT2D eigenvalue weighted by molar-refractivity contribution is 0.526. The summed E-state index contributed by atoms with van der Waals surface area (Å²) in [6, 6.07) is 7.13. The second-order valence-electron chi connectivity index (χ2n) is 5.67. The molecule has 0 fully saturated rings. The van der Waals surface area contributed by atoms with Crippen LogP contribution in [0.15, 0.2) is 22.7 Å². The third kappa shape index (κ3) is 3.93. The van der Waals surface area contributed by atoms with E-state index in [1.807, 2.05) is 11.3 Å². The Morgan fingerprint density at radius 1 is 1.29 bits per heavy atom. The predicted molar refractivity (Wildman–Crippen MR) is 95.2 cm³/mol. The fourth-order valence-electron chi connectivity index (χ4n) is 2.39. The minimum atomic E-state index is 0.167. The summed E-state index contributed by atoms with van der Waals surface area (Å²) < 4.78 is 1.15. The van der Waals surface area contributed by atoms with E-state index in [4.69, 9.17) is 4.98 Å². The van der Waals surface area contributed by atoms with Crippen LogP contribution in [0.1, 0.15) is 53.5 Å². The standard InChI is InChI=1S/C17H23BrN2S/c1-6-15-12(5)21-17(20-15)16(19-10(2)3)13-7-8-14(18)11(4)9-13/h7-10,16,19H,6H2,1-5H3.